The molecule has 2 unspecified atom stereocenters. The molecule has 2 aliphatic heterocycles. The molecule has 4 nitrogen and oxygen atoms in total. The minimum Gasteiger partial charge on any atom is -0.480 e. The fourth-order valence-electron chi connectivity index (χ4n) is 3.20. The van der Waals surface area contributed by atoms with Gasteiger partial charge in [0.1, 0.15) is 5.75 Å². The molecule has 1 aromatic rings. The van der Waals surface area contributed by atoms with Gasteiger partial charge in [-0.2, -0.15) is 0 Å². The van der Waals surface area contributed by atoms with Crippen LogP contribution in [0.5, 0.6) is 5.75 Å². The Hall–Kier alpha value is -1.55. The van der Waals surface area contributed by atoms with E-state index in [2.05, 4.69) is 5.32 Å². The number of piperidine rings is 1. The van der Waals surface area contributed by atoms with Crippen molar-refractivity contribution in [2.24, 2.45) is 0 Å². The normalized spacial score (nSPS) is 24.2. The number of likely N-dealkylation sites (N-methyl/N-ethyl adjacent to an activating group) is 1. The number of amides is 1. The third-order valence-electron chi connectivity index (χ3n) is 4.52. The van der Waals surface area contributed by atoms with Crippen LogP contribution in [0, 0.1) is 0 Å². The van der Waals surface area contributed by atoms with Crippen LogP contribution in [0.3, 0.4) is 0 Å². The van der Waals surface area contributed by atoms with Crippen LogP contribution in [0.4, 0.5) is 0 Å². The molecular weight excluding hydrogens is 264 g/mol. The van der Waals surface area contributed by atoms with Crippen LogP contribution in [0.25, 0.3) is 0 Å². The molecule has 0 bridgehead atoms. The highest BCUT2D eigenvalue weighted by Gasteiger charge is 2.31. The number of hydrogen-bond donors (Lipinski definition) is 1. The summed E-state index contributed by atoms with van der Waals surface area (Å²) in [5.41, 5.74) is 1.14. The summed E-state index contributed by atoms with van der Waals surface area (Å²) in [5.74, 6) is 0.959. The number of ether oxygens (including phenoxy) is 1. The van der Waals surface area contributed by atoms with Crippen molar-refractivity contribution in [2.75, 3.05) is 20.1 Å². The molecule has 0 saturated carbocycles. The monoisotopic (exact) mass is 288 g/mol. The number of nitrogens with one attached hydrogen (secondary N) is 1. The largest absolute Gasteiger partial charge is 0.480 e. The molecule has 2 atom stereocenters. The molecule has 0 aliphatic carbocycles. The quantitative estimate of drug-likeness (QED) is 0.921. The van der Waals surface area contributed by atoms with Gasteiger partial charge in [0.25, 0.3) is 5.91 Å². The Morgan fingerprint density at radius 2 is 2.24 bits per heavy atom. The van der Waals surface area contributed by atoms with Crippen LogP contribution in [0.2, 0.25) is 0 Å². The molecule has 0 radical (unpaired) electrons. The van der Waals surface area contributed by atoms with E-state index in [-0.39, 0.29) is 12.0 Å². The highest BCUT2D eigenvalue weighted by Crippen LogP contribution is 2.28. The molecular formula is C17H24N2O2. The van der Waals surface area contributed by atoms with Gasteiger partial charge in [-0.05, 0) is 37.4 Å². The molecule has 1 amide bonds. The van der Waals surface area contributed by atoms with Crippen molar-refractivity contribution >= 4 is 5.91 Å². The maximum absolute atomic E-state index is 12.5. The molecule has 1 N–H and O–H groups in total. The topological polar surface area (TPSA) is 41.6 Å². The van der Waals surface area contributed by atoms with Gasteiger partial charge in [0.15, 0.2) is 6.10 Å². The van der Waals surface area contributed by atoms with Gasteiger partial charge >= 0.3 is 0 Å². The van der Waals surface area contributed by atoms with E-state index in [9.17, 15) is 4.79 Å². The molecule has 1 fully saturated rings. The maximum Gasteiger partial charge on any atom is 0.263 e. The number of carbonyl (C=O) groups is 1. The van der Waals surface area contributed by atoms with Gasteiger partial charge in [0.2, 0.25) is 0 Å². The van der Waals surface area contributed by atoms with Gasteiger partial charge in [-0.3, -0.25) is 4.79 Å². The van der Waals surface area contributed by atoms with Crippen molar-refractivity contribution in [3.8, 4) is 5.75 Å². The zero-order valence-electron chi connectivity index (χ0n) is 12.7. The lowest BCUT2D eigenvalue weighted by Crippen LogP contribution is -2.42. The number of carbonyl (C=O) groups excluding carboxylic acids is 1. The van der Waals surface area contributed by atoms with Crippen molar-refractivity contribution in [3.05, 3.63) is 29.8 Å². The van der Waals surface area contributed by atoms with Crippen LogP contribution in [-0.2, 0) is 11.2 Å². The van der Waals surface area contributed by atoms with Crippen molar-refractivity contribution in [3.63, 3.8) is 0 Å². The van der Waals surface area contributed by atoms with E-state index in [0.29, 0.717) is 12.5 Å². The van der Waals surface area contributed by atoms with E-state index in [0.717, 1.165) is 30.8 Å². The average molecular weight is 288 g/mol. The van der Waals surface area contributed by atoms with Crippen LogP contribution < -0.4 is 10.1 Å². The first kappa shape index (κ1) is 14.4. The Bertz CT molecular complexity index is 472. The fourth-order valence-corrected chi connectivity index (χ4v) is 3.20. The predicted octanol–water partition coefficient (Wildman–Crippen LogP) is 1.98. The van der Waals surface area contributed by atoms with Crippen LogP contribution >= 0.6 is 0 Å². The van der Waals surface area contributed by atoms with Crippen molar-refractivity contribution in [2.45, 2.75) is 44.2 Å². The summed E-state index contributed by atoms with van der Waals surface area (Å²) >= 11 is 0. The predicted molar refractivity (Wildman–Crippen MR) is 82.5 cm³/mol. The molecule has 0 spiro atoms. The molecule has 0 aromatic heterocycles. The van der Waals surface area contributed by atoms with Crippen molar-refractivity contribution in [1.29, 1.82) is 0 Å². The van der Waals surface area contributed by atoms with Gasteiger partial charge in [-0.15, -0.1) is 0 Å². The number of benzene rings is 1. The minimum absolute atomic E-state index is 0.0991. The molecule has 2 aliphatic rings. The Balaban J connectivity index is 1.49. The number of fused-ring (bicyclic) bond motifs is 1. The van der Waals surface area contributed by atoms with E-state index in [1.165, 1.54) is 19.3 Å². The van der Waals surface area contributed by atoms with Crippen LogP contribution in [0.1, 0.15) is 31.2 Å². The standard InChI is InChI=1S/C17H24N2O2/c1-19(11-9-14-7-4-5-10-18-14)17(20)16-12-13-6-2-3-8-15(13)21-16/h2-3,6,8,14,16,18H,4-5,7,9-12H2,1H3. The number of rotatable bonds is 4. The Labute approximate surface area is 126 Å². The Kier molecular flexibility index (Phi) is 4.44. The third kappa shape index (κ3) is 3.38. The molecule has 3 rings (SSSR count). The second kappa shape index (κ2) is 6.48. The second-order valence-electron chi connectivity index (χ2n) is 6.11. The van der Waals surface area contributed by atoms with Crippen molar-refractivity contribution < 1.29 is 9.53 Å². The molecule has 21 heavy (non-hydrogen) atoms. The first-order valence-corrected chi connectivity index (χ1v) is 7.97. The molecule has 2 heterocycles. The number of hydrogen-bond acceptors (Lipinski definition) is 3. The SMILES string of the molecule is CN(CCC1CCCCN1)C(=O)C1Cc2ccccc2O1. The fraction of sp³-hybridized carbons (Fsp3) is 0.588. The summed E-state index contributed by atoms with van der Waals surface area (Å²) in [6.07, 6.45) is 5.19. The Morgan fingerprint density at radius 1 is 1.38 bits per heavy atom. The number of para-hydroxylation sites is 1. The molecule has 4 heteroatoms. The lowest BCUT2D eigenvalue weighted by Gasteiger charge is -2.27. The minimum atomic E-state index is -0.341. The van der Waals surface area contributed by atoms with E-state index >= 15 is 0 Å². The average Bonchev–Trinajstić information content (AvgIpc) is 2.97. The van der Waals surface area contributed by atoms with Gasteiger partial charge < -0.3 is 15.0 Å². The zero-order valence-corrected chi connectivity index (χ0v) is 12.7. The van der Waals surface area contributed by atoms with Gasteiger partial charge in [0.05, 0.1) is 0 Å². The van der Waals surface area contributed by atoms with E-state index in [1.54, 1.807) is 0 Å². The lowest BCUT2D eigenvalue weighted by molar-refractivity contribution is -0.136. The van der Waals surface area contributed by atoms with E-state index in [1.807, 2.05) is 36.2 Å². The number of nitrogens with zero attached hydrogens (tertiary/aromatic N) is 1. The van der Waals surface area contributed by atoms with E-state index in [4.69, 9.17) is 4.74 Å². The summed E-state index contributed by atoms with van der Waals surface area (Å²) < 4.78 is 5.77. The van der Waals surface area contributed by atoms with Crippen LogP contribution in [-0.4, -0.2) is 43.1 Å². The first-order chi connectivity index (χ1) is 10.2. The molecule has 1 saturated heterocycles. The van der Waals surface area contributed by atoms with Crippen molar-refractivity contribution in [1.82, 2.24) is 10.2 Å². The second-order valence-corrected chi connectivity index (χ2v) is 6.11. The summed E-state index contributed by atoms with van der Waals surface area (Å²) in [5, 5.41) is 3.53. The zero-order chi connectivity index (χ0) is 14.7. The van der Waals surface area contributed by atoms with Gasteiger partial charge in [-0.25, -0.2) is 0 Å². The van der Waals surface area contributed by atoms with E-state index < -0.39 is 0 Å². The third-order valence-corrected chi connectivity index (χ3v) is 4.52. The van der Waals surface area contributed by atoms with Gasteiger partial charge in [0, 0.05) is 26.1 Å². The molecule has 114 valence electrons. The summed E-state index contributed by atoms with van der Waals surface area (Å²) in [6.45, 7) is 1.91. The summed E-state index contributed by atoms with van der Waals surface area (Å²) in [4.78, 5) is 14.3. The highest BCUT2D eigenvalue weighted by atomic mass is 16.5. The maximum atomic E-state index is 12.5. The van der Waals surface area contributed by atoms with Gasteiger partial charge in [-0.1, -0.05) is 24.6 Å². The first-order valence-electron chi connectivity index (χ1n) is 7.97. The molecule has 1 aromatic carbocycles. The highest BCUT2D eigenvalue weighted by molar-refractivity contribution is 5.82. The lowest BCUT2D eigenvalue weighted by atomic mass is 10.0. The van der Waals surface area contributed by atoms with Crippen LogP contribution in [0.15, 0.2) is 24.3 Å². The smallest absolute Gasteiger partial charge is 0.263 e. The summed E-state index contributed by atoms with van der Waals surface area (Å²) in [6, 6.07) is 8.48. The Morgan fingerprint density at radius 3 is 3.00 bits per heavy atom. The summed E-state index contributed by atoms with van der Waals surface area (Å²) in [7, 11) is 1.89.